The second-order valence-electron chi connectivity index (χ2n) is 3.64. The fourth-order valence-corrected chi connectivity index (χ4v) is 1.48. The molecule has 0 saturated heterocycles. The number of nitrogens with two attached hydrogens (primary N) is 1. The van der Waals surface area contributed by atoms with Crippen LogP contribution in [-0.2, 0) is 0 Å². The minimum absolute atomic E-state index is 0.516. The first kappa shape index (κ1) is 9.11. The van der Waals surface area contributed by atoms with Crippen LogP contribution in [0.1, 0.15) is 20.8 Å². The summed E-state index contributed by atoms with van der Waals surface area (Å²) in [4.78, 5) is 0. The summed E-state index contributed by atoms with van der Waals surface area (Å²) in [5, 5.41) is 0. The molecule has 0 bridgehead atoms. The summed E-state index contributed by atoms with van der Waals surface area (Å²) in [6.07, 6.45) is 8.27. The molecule has 1 rings (SSSR count). The Morgan fingerprint density at radius 2 is 2.00 bits per heavy atom. The van der Waals surface area contributed by atoms with Gasteiger partial charge in [0.2, 0.25) is 0 Å². The molecule has 0 unspecified atom stereocenters. The van der Waals surface area contributed by atoms with Crippen LogP contribution in [0.3, 0.4) is 0 Å². The van der Waals surface area contributed by atoms with Crippen LogP contribution >= 0.6 is 0 Å². The van der Waals surface area contributed by atoms with E-state index in [9.17, 15) is 0 Å². The highest BCUT2D eigenvalue weighted by Gasteiger charge is 2.10. The van der Waals surface area contributed by atoms with E-state index in [2.05, 4.69) is 32.9 Å². The van der Waals surface area contributed by atoms with Crippen molar-refractivity contribution >= 4 is 0 Å². The van der Waals surface area contributed by atoms with Crippen molar-refractivity contribution in [1.29, 1.82) is 0 Å². The normalized spacial score (nSPS) is 23.5. The monoisotopic (exact) mass is 163 g/mol. The van der Waals surface area contributed by atoms with Gasteiger partial charge in [-0.05, 0) is 24.0 Å². The van der Waals surface area contributed by atoms with Gasteiger partial charge in [-0.15, -0.1) is 0 Å². The van der Waals surface area contributed by atoms with Crippen LogP contribution in [-0.4, -0.2) is 0 Å². The van der Waals surface area contributed by atoms with Gasteiger partial charge in [0, 0.05) is 5.70 Å². The number of allylic oxidation sites excluding steroid dienone is 5. The van der Waals surface area contributed by atoms with Crippen molar-refractivity contribution in [3.8, 4) is 0 Å². The van der Waals surface area contributed by atoms with Crippen LogP contribution in [0.15, 0.2) is 35.6 Å². The maximum Gasteiger partial charge on any atom is 0.0310 e. The van der Waals surface area contributed by atoms with E-state index in [1.165, 1.54) is 5.57 Å². The van der Waals surface area contributed by atoms with Crippen LogP contribution < -0.4 is 5.73 Å². The molecule has 2 N–H and O–H groups in total. The van der Waals surface area contributed by atoms with Gasteiger partial charge >= 0.3 is 0 Å². The van der Waals surface area contributed by atoms with E-state index in [-0.39, 0.29) is 0 Å². The Bertz CT molecular complexity index is 244. The molecule has 0 spiro atoms. The van der Waals surface area contributed by atoms with E-state index in [1.807, 2.05) is 12.2 Å². The van der Waals surface area contributed by atoms with Crippen molar-refractivity contribution in [2.75, 3.05) is 0 Å². The Morgan fingerprint density at radius 1 is 1.33 bits per heavy atom. The molecule has 0 amide bonds. The zero-order valence-electron chi connectivity index (χ0n) is 8.04. The average molecular weight is 163 g/mol. The Hall–Kier alpha value is -0.980. The Kier molecular flexibility index (Phi) is 2.74. The molecule has 0 aromatic rings. The Labute approximate surface area is 74.7 Å². The van der Waals surface area contributed by atoms with Crippen LogP contribution in [0.2, 0.25) is 0 Å². The Balaban J connectivity index is 2.92. The van der Waals surface area contributed by atoms with Crippen LogP contribution in [0.25, 0.3) is 0 Å². The summed E-state index contributed by atoms with van der Waals surface area (Å²) in [5.41, 5.74) is 7.98. The standard InChI is InChI=1S/C11H17N/c1-8(2)11-7-6-10(12)5-4-9(11)3/h4-9H,12H2,1-3H3/t9-/m1/s1. The van der Waals surface area contributed by atoms with Crippen LogP contribution in [0.4, 0.5) is 0 Å². The lowest BCUT2D eigenvalue weighted by Gasteiger charge is -2.14. The van der Waals surface area contributed by atoms with Gasteiger partial charge < -0.3 is 5.73 Å². The van der Waals surface area contributed by atoms with Gasteiger partial charge in [-0.25, -0.2) is 0 Å². The predicted octanol–water partition coefficient (Wildman–Crippen LogP) is 2.62. The van der Waals surface area contributed by atoms with Gasteiger partial charge in [0.1, 0.15) is 0 Å². The third-order valence-corrected chi connectivity index (χ3v) is 2.24. The summed E-state index contributed by atoms with van der Waals surface area (Å²) in [6.45, 7) is 6.63. The van der Waals surface area contributed by atoms with Gasteiger partial charge in [-0.1, -0.05) is 38.5 Å². The van der Waals surface area contributed by atoms with Crippen molar-refractivity contribution < 1.29 is 0 Å². The predicted molar refractivity (Wildman–Crippen MR) is 53.5 cm³/mol. The second-order valence-corrected chi connectivity index (χ2v) is 3.64. The molecule has 0 aromatic carbocycles. The summed E-state index contributed by atoms with van der Waals surface area (Å²) < 4.78 is 0. The zero-order valence-corrected chi connectivity index (χ0v) is 8.04. The number of hydrogen-bond acceptors (Lipinski definition) is 1. The number of rotatable bonds is 1. The van der Waals surface area contributed by atoms with E-state index in [0.29, 0.717) is 11.8 Å². The molecule has 0 heterocycles. The zero-order chi connectivity index (χ0) is 9.14. The lowest BCUT2D eigenvalue weighted by molar-refractivity contribution is 0.666. The molecule has 1 atom stereocenters. The van der Waals surface area contributed by atoms with Gasteiger partial charge in [-0.3, -0.25) is 0 Å². The molecule has 0 radical (unpaired) electrons. The largest absolute Gasteiger partial charge is 0.399 e. The summed E-state index contributed by atoms with van der Waals surface area (Å²) >= 11 is 0. The summed E-state index contributed by atoms with van der Waals surface area (Å²) in [5.74, 6) is 1.12. The van der Waals surface area contributed by atoms with E-state index in [4.69, 9.17) is 5.73 Å². The molecular weight excluding hydrogens is 146 g/mol. The van der Waals surface area contributed by atoms with Gasteiger partial charge in [0.05, 0.1) is 0 Å². The van der Waals surface area contributed by atoms with E-state index < -0.39 is 0 Å². The summed E-state index contributed by atoms with van der Waals surface area (Å²) in [7, 11) is 0. The van der Waals surface area contributed by atoms with Crippen molar-refractivity contribution in [3.63, 3.8) is 0 Å². The molecule has 0 saturated carbocycles. The van der Waals surface area contributed by atoms with Crippen LogP contribution in [0.5, 0.6) is 0 Å². The van der Waals surface area contributed by atoms with Crippen LogP contribution in [0, 0.1) is 11.8 Å². The first-order valence-corrected chi connectivity index (χ1v) is 4.46. The third kappa shape index (κ3) is 2.00. The fourth-order valence-electron chi connectivity index (χ4n) is 1.48. The minimum Gasteiger partial charge on any atom is -0.399 e. The lowest BCUT2D eigenvalue weighted by Crippen LogP contribution is -2.02. The molecule has 0 fully saturated rings. The molecule has 0 aromatic heterocycles. The first-order chi connectivity index (χ1) is 5.61. The maximum atomic E-state index is 5.69. The first-order valence-electron chi connectivity index (χ1n) is 4.46. The topological polar surface area (TPSA) is 26.0 Å². The van der Waals surface area contributed by atoms with Crippen molar-refractivity contribution in [1.82, 2.24) is 0 Å². The molecular formula is C11H17N. The highest BCUT2D eigenvalue weighted by atomic mass is 14.6. The minimum atomic E-state index is 0.516. The van der Waals surface area contributed by atoms with Crippen molar-refractivity contribution in [3.05, 3.63) is 35.6 Å². The quantitative estimate of drug-likeness (QED) is 0.631. The van der Waals surface area contributed by atoms with E-state index in [1.54, 1.807) is 0 Å². The fraction of sp³-hybridized carbons (Fsp3) is 0.455. The molecule has 1 aliphatic rings. The molecule has 66 valence electrons. The van der Waals surface area contributed by atoms with E-state index in [0.717, 1.165) is 5.70 Å². The molecule has 12 heavy (non-hydrogen) atoms. The molecule has 1 nitrogen and oxygen atoms in total. The van der Waals surface area contributed by atoms with Crippen molar-refractivity contribution in [2.45, 2.75) is 20.8 Å². The second kappa shape index (κ2) is 3.61. The van der Waals surface area contributed by atoms with Gasteiger partial charge in [0.15, 0.2) is 0 Å². The smallest absolute Gasteiger partial charge is 0.0310 e. The van der Waals surface area contributed by atoms with E-state index >= 15 is 0 Å². The average Bonchev–Trinajstić information content (AvgIpc) is 2.14. The molecule has 1 heteroatoms. The van der Waals surface area contributed by atoms with Gasteiger partial charge in [-0.2, -0.15) is 0 Å². The molecule has 1 aliphatic carbocycles. The van der Waals surface area contributed by atoms with Gasteiger partial charge in [0.25, 0.3) is 0 Å². The number of hydrogen-bond donors (Lipinski definition) is 1. The highest BCUT2D eigenvalue weighted by Crippen LogP contribution is 2.23. The van der Waals surface area contributed by atoms with Crippen molar-refractivity contribution in [2.24, 2.45) is 17.6 Å². The third-order valence-electron chi connectivity index (χ3n) is 2.24. The summed E-state index contributed by atoms with van der Waals surface area (Å²) in [6, 6.07) is 0. The lowest BCUT2D eigenvalue weighted by atomic mass is 9.91. The Morgan fingerprint density at radius 3 is 2.58 bits per heavy atom. The maximum absolute atomic E-state index is 5.69. The SMILES string of the molecule is CC(C)C1=CC=C(N)C=C[C@H]1C. The highest BCUT2D eigenvalue weighted by molar-refractivity contribution is 5.31. The molecule has 0 aliphatic heterocycles.